The summed E-state index contributed by atoms with van der Waals surface area (Å²) < 4.78 is 3.47. The summed E-state index contributed by atoms with van der Waals surface area (Å²) in [6.45, 7) is 0.639. The van der Waals surface area contributed by atoms with Crippen LogP contribution in [0, 0.1) is 0 Å². The summed E-state index contributed by atoms with van der Waals surface area (Å²) in [5.74, 6) is -0.527. The summed E-state index contributed by atoms with van der Waals surface area (Å²) in [6.07, 6.45) is 5.31. The van der Waals surface area contributed by atoms with Gasteiger partial charge in [0.05, 0.1) is 11.8 Å². The number of carbonyl (C=O) groups excluding carboxylic acids is 1. The third-order valence-corrected chi connectivity index (χ3v) is 4.29. The van der Waals surface area contributed by atoms with Crippen molar-refractivity contribution in [3.63, 3.8) is 0 Å². The van der Waals surface area contributed by atoms with E-state index in [-0.39, 0.29) is 11.1 Å². The second-order valence-electron chi connectivity index (χ2n) is 6.21. The SMILES string of the molecule is Cn1nc(C(=O)Nc2cccc(Cn3ccnc3)c2)c(=O)c2ccccc21. The van der Waals surface area contributed by atoms with Gasteiger partial charge in [0, 0.05) is 37.1 Å². The molecule has 1 amide bonds. The first kappa shape index (κ1) is 16.7. The summed E-state index contributed by atoms with van der Waals surface area (Å²) in [7, 11) is 1.71. The Bertz CT molecular complexity index is 1180. The van der Waals surface area contributed by atoms with Gasteiger partial charge in [0.15, 0.2) is 5.69 Å². The Hall–Kier alpha value is -3.74. The van der Waals surface area contributed by atoms with E-state index in [1.807, 2.05) is 35.0 Å². The molecule has 0 aliphatic rings. The van der Waals surface area contributed by atoms with Gasteiger partial charge >= 0.3 is 0 Å². The van der Waals surface area contributed by atoms with Crippen LogP contribution in [-0.4, -0.2) is 25.2 Å². The smallest absolute Gasteiger partial charge is 0.280 e. The number of carbonyl (C=O) groups is 1. The number of aryl methyl sites for hydroxylation is 1. The largest absolute Gasteiger partial charge is 0.333 e. The first-order valence-corrected chi connectivity index (χ1v) is 8.44. The van der Waals surface area contributed by atoms with Gasteiger partial charge in [-0.15, -0.1) is 0 Å². The molecule has 7 heteroatoms. The molecule has 0 saturated heterocycles. The Morgan fingerprint density at radius 1 is 1.15 bits per heavy atom. The van der Waals surface area contributed by atoms with E-state index in [9.17, 15) is 9.59 Å². The van der Waals surface area contributed by atoms with Crippen LogP contribution in [0.2, 0.25) is 0 Å². The molecule has 27 heavy (non-hydrogen) atoms. The van der Waals surface area contributed by atoms with Gasteiger partial charge in [0.25, 0.3) is 5.91 Å². The molecule has 0 fully saturated rings. The van der Waals surface area contributed by atoms with Crippen LogP contribution in [0.25, 0.3) is 10.9 Å². The van der Waals surface area contributed by atoms with Gasteiger partial charge in [-0.3, -0.25) is 14.3 Å². The number of anilines is 1. The number of nitrogens with one attached hydrogen (secondary N) is 1. The zero-order valence-corrected chi connectivity index (χ0v) is 14.7. The Kier molecular flexibility index (Phi) is 4.25. The molecule has 0 aliphatic carbocycles. The topological polar surface area (TPSA) is 81.8 Å². The predicted octanol–water partition coefficient (Wildman–Crippen LogP) is 2.43. The predicted molar refractivity (Wildman–Crippen MR) is 103 cm³/mol. The van der Waals surface area contributed by atoms with E-state index in [2.05, 4.69) is 15.4 Å². The standard InChI is InChI=1S/C20H17N5O2/c1-24-17-8-3-2-7-16(17)19(26)18(23-24)20(27)22-15-6-4-5-14(11-15)12-25-10-9-21-13-25/h2-11,13H,12H2,1H3,(H,22,27). The zero-order chi connectivity index (χ0) is 18.8. The molecular formula is C20H17N5O2. The molecule has 0 unspecified atom stereocenters. The Morgan fingerprint density at radius 3 is 2.81 bits per heavy atom. The van der Waals surface area contributed by atoms with E-state index in [1.165, 1.54) is 0 Å². The summed E-state index contributed by atoms with van der Waals surface area (Å²) in [5.41, 5.74) is 1.79. The fraction of sp³-hybridized carbons (Fsp3) is 0.100. The summed E-state index contributed by atoms with van der Waals surface area (Å²) in [5, 5.41) is 7.40. The molecule has 0 aliphatic heterocycles. The number of hydrogen-bond donors (Lipinski definition) is 1. The number of benzene rings is 2. The average molecular weight is 359 g/mol. The fourth-order valence-corrected chi connectivity index (χ4v) is 3.00. The third kappa shape index (κ3) is 3.35. The number of rotatable bonds is 4. The summed E-state index contributed by atoms with van der Waals surface area (Å²) in [6, 6.07) is 14.5. The molecule has 2 aromatic carbocycles. The van der Waals surface area contributed by atoms with Crippen LogP contribution in [0.1, 0.15) is 16.1 Å². The van der Waals surface area contributed by atoms with Gasteiger partial charge in [-0.05, 0) is 29.8 Å². The van der Waals surface area contributed by atoms with Crippen molar-refractivity contribution in [1.29, 1.82) is 0 Å². The molecular weight excluding hydrogens is 342 g/mol. The van der Waals surface area contributed by atoms with Crippen molar-refractivity contribution >= 4 is 22.5 Å². The maximum Gasteiger partial charge on any atom is 0.280 e. The van der Waals surface area contributed by atoms with E-state index < -0.39 is 5.91 Å². The number of amides is 1. The van der Waals surface area contributed by atoms with Gasteiger partial charge in [0.2, 0.25) is 5.43 Å². The van der Waals surface area contributed by atoms with Crippen molar-refractivity contribution in [2.75, 3.05) is 5.32 Å². The van der Waals surface area contributed by atoms with E-state index in [0.717, 1.165) is 5.56 Å². The van der Waals surface area contributed by atoms with Crippen molar-refractivity contribution in [1.82, 2.24) is 19.3 Å². The lowest BCUT2D eigenvalue weighted by Crippen LogP contribution is -2.26. The lowest BCUT2D eigenvalue weighted by molar-refractivity contribution is 0.101. The molecule has 2 aromatic heterocycles. The van der Waals surface area contributed by atoms with Crippen LogP contribution in [-0.2, 0) is 13.6 Å². The highest BCUT2D eigenvalue weighted by atomic mass is 16.2. The zero-order valence-electron chi connectivity index (χ0n) is 14.7. The first-order chi connectivity index (χ1) is 13.1. The van der Waals surface area contributed by atoms with Crippen molar-refractivity contribution in [3.8, 4) is 0 Å². The molecule has 0 saturated carbocycles. The van der Waals surface area contributed by atoms with E-state index in [0.29, 0.717) is 23.1 Å². The van der Waals surface area contributed by atoms with Gasteiger partial charge in [0.1, 0.15) is 0 Å². The molecule has 4 aromatic rings. The van der Waals surface area contributed by atoms with Crippen LogP contribution in [0.4, 0.5) is 5.69 Å². The lowest BCUT2D eigenvalue weighted by atomic mass is 10.1. The van der Waals surface area contributed by atoms with Crippen molar-refractivity contribution in [3.05, 3.63) is 88.7 Å². The molecule has 0 radical (unpaired) electrons. The van der Waals surface area contributed by atoms with Crippen LogP contribution in [0.5, 0.6) is 0 Å². The Labute approximate surface area is 154 Å². The minimum atomic E-state index is -0.527. The van der Waals surface area contributed by atoms with Crippen LogP contribution >= 0.6 is 0 Å². The number of nitrogens with zero attached hydrogens (tertiary/aromatic N) is 4. The molecule has 4 rings (SSSR count). The maximum atomic E-state index is 12.7. The van der Waals surface area contributed by atoms with Crippen LogP contribution in [0.15, 0.2) is 72.0 Å². The average Bonchev–Trinajstić information content (AvgIpc) is 3.18. The second-order valence-corrected chi connectivity index (χ2v) is 6.21. The first-order valence-electron chi connectivity index (χ1n) is 8.44. The molecule has 0 bridgehead atoms. The van der Waals surface area contributed by atoms with Gasteiger partial charge in [-0.2, -0.15) is 5.10 Å². The third-order valence-electron chi connectivity index (χ3n) is 4.29. The Morgan fingerprint density at radius 2 is 2.00 bits per heavy atom. The lowest BCUT2D eigenvalue weighted by Gasteiger charge is -2.10. The van der Waals surface area contributed by atoms with Crippen molar-refractivity contribution in [2.24, 2.45) is 7.05 Å². The van der Waals surface area contributed by atoms with E-state index in [1.54, 1.807) is 48.5 Å². The Balaban J connectivity index is 1.62. The number of aromatic nitrogens is 4. The number of fused-ring (bicyclic) bond motifs is 1. The number of hydrogen-bond acceptors (Lipinski definition) is 4. The molecule has 2 heterocycles. The second kappa shape index (κ2) is 6.87. The molecule has 0 atom stereocenters. The summed E-state index contributed by atoms with van der Waals surface area (Å²) in [4.78, 5) is 29.3. The minimum Gasteiger partial charge on any atom is -0.333 e. The molecule has 0 spiro atoms. The molecule has 134 valence electrons. The van der Waals surface area contributed by atoms with Crippen LogP contribution < -0.4 is 10.7 Å². The quantitative estimate of drug-likeness (QED) is 0.607. The highest BCUT2D eigenvalue weighted by Crippen LogP contribution is 2.14. The number of imidazole rings is 1. The minimum absolute atomic E-state index is 0.129. The van der Waals surface area contributed by atoms with Crippen molar-refractivity contribution < 1.29 is 4.79 Å². The van der Waals surface area contributed by atoms with Crippen molar-refractivity contribution in [2.45, 2.75) is 6.54 Å². The van der Waals surface area contributed by atoms with Gasteiger partial charge < -0.3 is 9.88 Å². The van der Waals surface area contributed by atoms with Crippen LogP contribution in [0.3, 0.4) is 0 Å². The monoisotopic (exact) mass is 359 g/mol. The molecule has 1 N–H and O–H groups in total. The number of para-hydroxylation sites is 1. The van der Waals surface area contributed by atoms with Gasteiger partial charge in [-0.25, -0.2) is 4.98 Å². The molecule has 7 nitrogen and oxygen atoms in total. The maximum absolute atomic E-state index is 12.7. The highest BCUT2D eigenvalue weighted by Gasteiger charge is 2.16. The fourth-order valence-electron chi connectivity index (χ4n) is 3.00. The normalized spacial score (nSPS) is 10.9. The summed E-state index contributed by atoms with van der Waals surface area (Å²) >= 11 is 0. The van der Waals surface area contributed by atoms with E-state index in [4.69, 9.17) is 0 Å². The highest BCUT2D eigenvalue weighted by molar-refractivity contribution is 6.04. The van der Waals surface area contributed by atoms with Gasteiger partial charge in [-0.1, -0.05) is 24.3 Å². The van der Waals surface area contributed by atoms with E-state index >= 15 is 0 Å².